The molecule has 0 aromatic rings. The third-order valence-corrected chi connectivity index (χ3v) is 3.84. The second-order valence-corrected chi connectivity index (χ2v) is 7.03. The maximum Gasteiger partial charge on any atom is 0.242 e. The zero-order chi connectivity index (χ0) is 21.9. The third kappa shape index (κ3) is 18.7. The van der Waals surface area contributed by atoms with Gasteiger partial charge >= 0.3 is 0 Å². The van der Waals surface area contributed by atoms with E-state index in [1.54, 1.807) is 6.92 Å². The predicted molar refractivity (Wildman–Crippen MR) is 111 cm³/mol. The highest BCUT2D eigenvalue weighted by atomic mass is 16.2. The first-order valence-electron chi connectivity index (χ1n) is 10.2. The van der Waals surface area contributed by atoms with Crippen molar-refractivity contribution in [1.29, 1.82) is 0 Å². The Labute approximate surface area is 169 Å². The number of carbonyl (C=O) groups excluding carboxylic acids is 4. The highest BCUT2D eigenvalue weighted by Gasteiger charge is 2.18. The number of amides is 4. The summed E-state index contributed by atoms with van der Waals surface area (Å²) < 4.78 is 0. The molecule has 0 aromatic carbocycles. The highest BCUT2D eigenvalue weighted by molar-refractivity contribution is 5.86. The first-order chi connectivity index (χ1) is 13.1. The van der Waals surface area contributed by atoms with Crippen molar-refractivity contribution in [3.8, 4) is 0 Å². The van der Waals surface area contributed by atoms with Crippen molar-refractivity contribution >= 4 is 23.6 Å². The van der Waals surface area contributed by atoms with Crippen molar-refractivity contribution in [3.05, 3.63) is 0 Å². The molecule has 8 nitrogen and oxygen atoms in total. The molecule has 4 amide bonds. The Morgan fingerprint density at radius 1 is 0.821 bits per heavy atom. The summed E-state index contributed by atoms with van der Waals surface area (Å²) in [6.45, 7) is 9.92. The minimum Gasteiger partial charge on any atom is -0.369 e. The van der Waals surface area contributed by atoms with Gasteiger partial charge in [-0.25, -0.2) is 0 Å². The molecule has 0 radical (unpaired) electrons. The van der Waals surface area contributed by atoms with E-state index < -0.39 is 6.04 Å². The van der Waals surface area contributed by atoms with Crippen LogP contribution in [-0.4, -0.2) is 42.8 Å². The van der Waals surface area contributed by atoms with Gasteiger partial charge < -0.3 is 21.7 Å². The van der Waals surface area contributed by atoms with E-state index in [0.29, 0.717) is 25.9 Å². The lowest BCUT2D eigenvalue weighted by Gasteiger charge is -2.17. The molecule has 5 N–H and O–H groups in total. The lowest BCUT2D eigenvalue weighted by Crippen LogP contribution is -2.46. The molecular weight excluding hydrogens is 360 g/mol. The molecule has 2 atom stereocenters. The average Bonchev–Trinajstić information content (AvgIpc) is 2.59. The van der Waals surface area contributed by atoms with Crippen LogP contribution in [0.4, 0.5) is 0 Å². The maximum absolute atomic E-state index is 12.2. The molecule has 0 fully saturated rings. The van der Waals surface area contributed by atoms with Crippen molar-refractivity contribution in [2.75, 3.05) is 13.1 Å². The van der Waals surface area contributed by atoms with E-state index >= 15 is 0 Å². The molecule has 0 saturated carbocycles. The van der Waals surface area contributed by atoms with E-state index in [2.05, 4.69) is 29.8 Å². The van der Waals surface area contributed by atoms with Crippen LogP contribution < -0.4 is 21.7 Å². The maximum atomic E-state index is 12.2. The SMILES string of the molecule is CC(=O)NCCCC[C@H](NC(C)=O)C(=O)NCCCC[C@H](C)C(N)=O.CCC. The number of hydrogen-bond donors (Lipinski definition) is 4. The summed E-state index contributed by atoms with van der Waals surface area (Å²) in [7, 11) is 0. The second-order valence-electron chi connectivity index (χ2n) is 7.03. The molecule has 8 heteroatoms. The van der Waals surface area contributed by atoms with Crippen LogP contribution in [0.25, 0.3) is 0 Å². The molecule has 0 spiro atoms. The third-order valence-electron chi connectivity index (χ3n) is 3.84. The first kappa shape index (κ1) is 28.1. The summed E-state index contributed by atoms with van der Waals surface area (Å²) in [5, 5.41) is 8.16. The molecule has 0 unspecified atom stereocenters. The van der Waals surface area contributed by atoms with Gasteiger partial charge in [-0.05, 0) is 32.1 Å². The number of nitrogens with one attached hydrogen (secondary N) is 3. The normalized spacial score (nSPS) is 12.0. The van der Waals surface area contributed by atoms with Crippen LogP contribution in [0.2, 0.25) is 0 Å². The molecule has 0 saturated heterocycles. The molecule has 0 aliphatic carbocycles. The summed E-state index contributed by atoms with van der Waals surface area (Å²) in [6, 6.07) is -0.570. The zero-order valence-corrected chi connectivity index (χ0v) is 18.2. The van der Waals surface area contributed by atoms with Gasteiger partial charge in [-0.2, -0.15) is 0 Å². The number of unbranched alkanes of at least 4 members (excludes halogenated alkanes) is 2. The van der Waals surface area contributed by atoms with Crippen molar-refractivity contribution < 1.29 is 19.2 Å². The van der Waals surface area contributed by atoms with E-state index in [4.69, 9.17) is 5.73 Å². The molecule has 164 valence electrons. The monoisotopic (exact) mass is 400 g/mol. The molecule has 0 aliphatic rings. The van der Waals surface area contributed by atoms with Crippen LogP contribution in [0.15, 0.2) is 0 Å². The minimum absolute atomic E-state index is 0.0817. The smallest absolute Gasteiger partial charge is 0.242 e. The van der Waals surface area contributed by atoms with E-state index in [0.717, 1.165) is 25.7 Å². The van der Waals surface area contributed by atoms with Gasteiger partial charge in [-0.3, -0.25) is 19.2 Å². The van der Waals surface area contributed by atoms with Gasteiger partial charge in [0, 0.05) is 32.9 Å². The first-order valence-corrected chi connectivity index (χ1v) is 10.2. The molecule has 0 heterocycles. The lowest BCUT2D eigenvalue weighted by atomic mass is 10.0. The fraction of sp³-hybridized carbons (Fsp3) is 0.800. The van der Waals surface area contributed by atoms with Crippen LogP contribution in [0, 0.1) is 5.92 Å². The molecule has 0 rings (SSSR count). The van der Waals surface area contributed by atoms with Crippen LogP contribution in [-0.2, 0) is 19.2 Å². The van der Waals surface area contributed by atoms with Gasteiger partial charge in [0.05, 0.1) is 0 Å². The van der Waals surface area contributed by atoms with Crippen LogP contribution >= 0.6 is 0 Å². The lowest BCUT2D eigenvalue weighted by molar-refractivity contribution is -0.128. The van der Waals surface area contributed by atoms with Crippen LogP contribution in [0.1, 0.15) is 79.6 Å². The average molecular weight is 401 g/mol. The standard InChI is InChI=1S/C17H32N4O4.C3H8/c1-12(16(18)24)8-4-6-11-20-17(25)15(21-14(3)23)9-5-7-10-19-13(2)22;1-3-2/h12,15H,4-11H2,1-3H3,(H2,18,24)(H,19,22)(H,20,25)(H,21,23);3H2,1-2H3/t12-,15-;/m0./s1. The largest absolute Gasteiger partial charge is 0.369 e. The van der Waals surface area contributed by atoms with Crippen LogP contribution in [0.3, 0.4) is 0 Å². The Kier molecular flexibility index (Phi) is 18.3. The van der Waals surface area contributed by atoms with Gasteiger partial charge in [-0.15, -0.1) is 0 Å². The van der Waals surface area contributed by atoms with E-state index in [-0.39, 0.29) is 29.5 Å². The fourth-order valence-corrected chi connectivity index (χ4v) is 2.30. The minimum atomic E-state index is -0.570. The quantitative estimate of drug-likeness (QED) is 0.350. The summed E-state index contributed by atoms with van der Waals surface area (Å²) in [5.41, 5.74) is 5.20. The van der Waals surface area contributed by atoms with Gasteiger partial charge in [0.1, 0.15) is 6.04 Å². The number of hydrogen-bond acceptors (Lipinski definition) is 4. The topological polar surface area (TPSA) is 130 Å². The van der Waals surface area contributed by atoms with E-state index in [1.165, 1.54) is 20.3 Å². The van der Waals surface area contributed by atoms with Gasteiger partial charge in [0.2, 0.25) is 23.6 Å². The van der Waals surface area contributed by atoms with Crippen molar-refractivity contribution in [2.24, 2.45) is 11.7 Å². The number of rotatable bonds is 13. The van der Waals surface area contributed by atoms with Crippen molar-refractivity contribution in [2.45, 2.75) is 85.6 Å². The van der Waals surface area contributed by atoms with E-state index in [9.17, 15) is 19.2 Å². The fourth-order valence-electron chi connectivity index (χ4n) is 2.30. The molecule has 0 aromatic heterocycles. The summed E-state index contributed by atoms with van der Waals surface area (Å²) in [6.07, 6.45) is 5.47. The number of carbonyl (C=O) groups is 4. The summed E-state index contributed by atoms with van der Waals surface area (Å²) in [4.78, 5) is 45.2. The second kappa shape index (κ2) is 18.3. The molecule has 0 aliphatic heterocycles. The summed E-state index contributed by atoms with van der Waals surface area (Å²) in [5.74, 6) is -1.02. The Balaban J connectivity index is 0. The molecular formula is C20H40N4O4. The van der Waals surface area contributed by atoms with Gasteiger partial charge in [0.25, 0.3) is 0 Å². The Morgan fingerprint density at radius 3 is 1.79 bits per heavy atom. The van der Waals surface area contributed by atoms with E-state index in [1.807, 2.05) is 0 Å². The zero-order valence-electron chi connectivity index (χ0n) is 18.2. The number of nitrogens with two attached hydrogens (primary N) is 1. The molecule has 28 heavy (non-hydrogen) atoms. The van der Waals surface area contributed by atoms with Gasteiger partial charge in [0.15, 0.2) is 0 Å². The Morgan fingerprint density at radius 2 is 1.32 bits per heavy atom. The van der Waals surface area contributed by atoms with Crippen molar-refractivity contribution in [3.63, 3.8) is 0 Å². The van der Waals surface area contributed by atoms with Crippen molar-refractivity contribution in [1.82, 2.24) is 16.0 Å². The summed E-state index contributed by atoms with van der Waals surface area (Å²) >= 11 is 0. The van der Waals surface area contributed by atoms with Crippen LogP contribution in [0.5, 0.6) is 0 Å². The Hall–Kier alpha value is -2.12. The molecule has 0 bridgehead atoms. The number of primary amides is 1. The van der Waals surface area contributed by atoms with Gasteiger partial charge in [-0.1, -0.05) is 33.6 Å². The predicted octanol–water partition coefficient (Wildman–Crippen LogP) is 1.62. The Bertz CT molecular complexity index is 469. The highest BCUT2D eigenvalue weighted by Crippen LogP contribution is 2.06.